The first-order valence-corrected chi connectivity index (χ1v) is 2.88. The van der Waals surface area contributed by atoms with Gasteiger partial charge in [0, 0.05) is 0 Å². The predicted octanol–water partition coefficient (Wildman–Crippen LogP) is -2.69. The SMILES string of the molecule is [AlH3].[H-].[H-].[Mg+2].[O]=[Cr](=[O])([OH])[OH]. The molecule has 0 atom stereocenters. The van der Waals surface area contributed by atoms with Gasteiger partial charge in [-0.25, -0.2) is 0 Å². The summed E-state index contributed by atoms with van der Waals surface area (Å²) in [4.78, 5) is 0. The third kappa shape index (κ3) is 115. The average Bonchev–Trinajstić information content (AvgIpc) is 0.722. The summed E-state index contributed by atoms with van der Waals surface area (Å²) in [5.74, 6) is 0. The molecule has 0 aromatic heterocycles. The molecule has 0 aromatic rings. The fraction of sp³-hybridized carbons (Fsp3) is 0. The van der Waals surface area contributed by atoms with E-state index in [0.717, 1.165) is 0 Å². The van der Waals surface area contributed by atoms with Gasteiger partial charge in [0.05, 0.1) is 0 Å². The van der Waals surface area contributed by atoms with Crippen molar-refractivity contribution in [3.63, 3.8) is 0 Å². The Bertz CT molecular complexity index is 102. The molecule has 7 heavy (non-hydrogen) atoms. The molecule has 0 saturated heterocycles. The summed E-state index contributed by atoms with van der Waals surface area (Å²) >= 11 is -5.25. The zero-order valence-corrected chi connectivity index (χ0v) is 5.52. The minimum atomic E-state index is -5.25. The predicted molar refractivity (Wildman–Crippen MR) is 23.7 cm³/mol. The standard InChI is InChI=1S/Al.Cr.Mg.2H2O.2O.5H/h;;;2*1H2;;;;;;;/q;2*+2;;;;;;;;2*-1/p-2. The molecule has 0 saturated carbocycles. The van der Waals surface area contributed by atoms with E-state index in [1.807, 2.05) is 0 Å². The van der Waals surface area contributed by atoms with Gasteiger partial charge in [-0.2, -0.15) is 0 Å². The van der Waals surface area contributed by atoms with E-state index < -0.39 is 13.6 Å². The van der Waals surface area contributed by atoms with Crippen LogP contribution < -0.4 is 0 Å². The van der Waals surface area contributed by atoms with E-state index in [4.69, 9.17) is 15.9 Å². The summed E-state index contributed by atoms with van der Waals surface area (Å²) < 4.78 is 31.9. The van der Waals surface area contributed by atoms with Crippen LogP contribution in [0.5, 0.6) is 0 Å². The van der Waals surface area contributed by atoms with E-state index in [-0.39, 0.29) is 43.3 Å². The van der Waals surface area contributed by atoms with Gasteiger partial charge in [-0.15, -0.1) is 0 Å². The van der Waals surface area contributed by atoms with Gasteiger partial charge in [-0.1, -0.05) is 0 Å². The second kappa shape index (κ2) is 5.49. The Morgan fingerprint density at radius 3 is 1.29 bits per heavy atom. The summed E-state index contributed by atoms with van der Waals surface area (Å²) in [5, 5.41) is 0. The van der Waals surface area contributed by atoms with Crippen molar-refractivity contribution < 1.29 is 32.4 Å². The molecule has 0 fully saturated rings. The molecular formula is H7AlCrMgO4. The Hall–Kier alpha value is 1.35. The Morgan fingerprint density at radius 1 is 1.29 bits per heavy atom. The molecule has 0 rings (SSSR count). The number of hydrogen-bond acceptors (Lipinski definition) is 2. The molecule has 0 bridgehead atoms. The maximum absolute atomic E-state index is 8.82. The van der Waals surface area contributed by atoms with Crippen LogP contribution in [-0.2, 0) is 21.2 Å². The molecule has 0 aromatic carbocycles. The summed E-state index contributed by atoms with van der Waals surface area (Å²) in [6.45, 7) is 0. The van der Waals surface area contributed by atoms with Crippen LogP contribution in [0.15, 0.2) is 0 Å². The second-order valence-corrected chi connectivity index (χ2v) is 1.85. The topological polar surface area (TPSA) is 74.6 Å². The van der Waals surface area contributed by atoms with Crippen molar-refractivity contribution in [3.8, 4) is 0 Å². The van der Waals surface area contributed by atoms with Crippen LogP contribution in [-0.4, -0.2) is 48.7 Å². The Labute approximate surface area is 72.5 Å². The number of hydrogen-bond donors (Lipinski definition) is 2. The van der Waals surface area contributed by atoms with Gasteiger partial charge >= 0.3 is 52.6 Å². The van der Waals surface area contributed by atoms with E-state index in [2.05, 4.69) is 0 Å². The molecule has 0 spiro atoms. The summed E-state index contributed by atoms with van der Waals surface area (Å²) in [7, 11) is 0. The van der Waals surface area contributed by atoms with E-state index in [0.29, 0.717) is 0 Å². The van der Waals surface area contributed by atoms with Crippen LogP contribution >= 0.6 is 0 Å². The third-order valence-electron chi connectivity index (χ3n) is 0. The molecule has 7 heteroatoms. The van der Waals surface area contributed by atoms with Crippen LogP contribution in [0.2, 0.25) is 0 Å². The molecule has 0 aliphatic carbocycles. The number of rotatable bonds is 0. The molecule has 4 nitrogen and oxygen atoms in total. The molecule has 0 aliphatic rings. The second-order valence-electron chi connectivity index (χ2n) is 0.448. The van der Waals surface area contributed by atoms with Crippen molar-refractivity contribution in [3.05, 3.63) is 0 Å². The van der Waals surface area contributed by atoms with E-state index >= 15 is 0 Å². The molecule has 2 N–H and O–H groups in total. The zero-order valence-electron chi connectivity index (χ0n) is 4.83. The summed E-state index contributed by atoms with van der Waals surface area (Å²) in [5.41, 5.74) is 0. The van der Waals surface area contributed by atoms with Gasteiger partial charge in [-0.3, -0.25) is 0 Å². The van der Waals surface area contributed by atoms with Gasteiger partial charge in [0.25, 0.3) is 0 Å². The van der Waals surface area contributed by atoms with Crippen molar-refractivity contribution in [2.24, 2.45) is 0 Å². The molecule has 0 heterocycles. The van der Waals surface area contributed by atoms with Crippen LogP contribution in [0.1, 0.15) is 2.85 Å². The van der Waals surface area contributed by atoms with Crippen molar-refractivity contribution in [2.75, 3.05) is 0 Å². The van der Waals surface area contributed by atoms with Gasteiger partial charge in [-0.05, 0) is 0 Å². The summed E-state index contributed by atoms with van der Waals surface area (Å²) in [6, 6.07) is 0. The van der Waals surface area contributed by atoms with E-state index in [1.165, 1.54) is 0 Å². The fourth-order valence-corrected chi connectivity index (χ4v) is 0. The quantitative estimate of drug-likeness (QED) is 0.392. The zero-order chi connectivity index (χ0) is 4.50. The molecular weight excluding hydrogens is 167 g/mol. The average molecular weight is 174 g/mol. The molecule has 0 aliphatic heterocycles. The van der Waals surface area contributed by atoms with Crippen molar-refractivity contribution in [1.82, 2.24) is 0 Å². The third-order valence-corrected chi connectivity index (χ3v) is 0. The van der Waals surface area contributed by atoms with E-state index in [9.17, 15) is 0 Å². The van der Waals surface area contributed by atoms with E-state index in [1.54, 1.807) is 0 Å². The van der Waals surface area contributed by atoms with Gasteiger partial charge in [0.2, 0.25) is 0 Å². The summed E-state index contributed by atoms with van der Waals surface area (Å²) in [6.07, 6.45) is 0. The van der Waals surface area contributed by atoms with Crippen molar-refractivity contribution in [1.29, 1.82) is 0 Å². The van der Waals surface area contributed by atoms with Crippen molar-refractivity contribution in [2.45, 2.75) is 0 Å². The maximum atomic E-state index is 8.82. The van der Waals surface area contributed by atoms with Gasteiger partial charge in [0.1, 0.15) is 0 Å². The van der Waals surface area contributed by atoms with Crippen molar-refractivity contribution >= 4 is 40.4 Å². The van der Waals surface area contributed by atoms with Gasteiger partial charge in [0.15, 0.2) is 17.4 Å². The molecule has 0 unspecified atom stereocenters. The minimum absolute atomic E-state index is 0. The Kier molecular flexibility index (Phi) is 12.4. The first-order valence-electron chi connectivity index (χ1n) is 0.698. The molecule has 42 valence electrons. The molecule has 0 amide bonds. The van der Waals surface area contributed by atoms with Crippen LogP contribution in [0.3, 0.4) is 0 Å². The fourth-order valence-electron chi connectivity index (χ4n) is 0. The monoisotopic (exact) mass is 174 g/mol. The van der Waals surface area contributed by atoms with Crippen LogP contribution in [0, 0.1) is 0 Å². The Balaban J connectivity index is -0.0000000133. The Morgan fingerprint density at radius 2 is 1.29 bits per heavy atom. The first-order chi connectivity index (χ1) is 2.00. The molecule has 0 radical (unpaired) electrons. The normalized spacial score (nSPS) is 8.29. The first kappa shape index (κ1) is 15.8. The van der Waals surface area contributed by atoms with Crippen LogP contribution in [0.25, 0.3) is 0 Å². The van der Waals surface area contributed by atoms with Gasteiger partial charge < -0.3 is 2.85 Å². The van der Waals surface area contributed by atoms with Crippen LogP contribution in [0.4, 0.5) is 0 Å².